The molecule has 90 valence electrons. The van der Waals surface area contributed by atoms with Crippen LogP contribution in [0, 0.1) is 10.8 Å². The van der Waals surface area contributed by atoms with Gasteiger partial charge in [0.1, 0.15) is 0 Å². The zero-order valence-electron chi connectivity index (χ0n) is 10.8. The summed E-state index contributed by atoms with van der Waals surface area (Å²) in [6.45, 7) is 12.8. The summed E-state index contributed by atoms with van der Waals surface area (Å²) in [5, 5.41) is 9.39. The minimum Gasteiger partial charge on any atom is -0.396 e. The van der Waals surface area contributed by atoms with Crippen molar-refractivity contribution in [1.29, 1.82) is 0 Å². The molecule has 1 rings (SSSR count). The van der Waals surface area contributed by atoms with Crippen molar-refractivity contribution in [2.45, 2.75) is 47.0 Å². The number of likely N-dealkylation sites (tertiary alicyclic amines) is 1. The van der Waals surface area contributed by atoms with Crippen molar-refractivity contribution in [1.82, 2.24) is 4.90 Å². The highest BCUT2D eigenvalue weighted by atomic mass is 16.3. The molecule has 1 saturated heterocycles. The summed E-state index contributed by atoms with van der Waals surface area (Å²) in [5.74, 6) is 0. The van der Waals surface area contributed by atoms with Crippen molar-refractivity contribution in [3.05, 3.63) is 0 Å². The molecule has 2 nitrogen and oxygen atoms in total. The number of aliphatic hydroxyl groups excluding tert-OH is 1. The van der Waals surface area contributed by atoms with Crippen molar-refractivity contribution < 1.29 is 5.11 Å². The van der Waals surface area contributed by atoms with Gasteiger partial charge >= 0.3 is 0 Å². The van der Waals surface area contributed by atoms with Gasteiger partial charge in [0.05, 0.1) is 0 Å². The van der Waals surface area contributed by atoms with Crippen molar-refractivity contribution in [2.24, 2.45) is 10.8 Å². The Balaban J connectivity index is 2.41. The predicted molar refractivity (Wildman–Crippen MR) is 64.9 cm³/mol. The van der Waals surface area contributed by atoms with Gasteiger partial charge in [-0.1, -0.05) is 27.7 Å². The van der Waals surface area contributed by atoms with Crippen LogP contribution in [-0.2, 0) is 0 Å². The number of hydrogen-bond acceptors (Lipinski definition) is 2. The highest BCUT2D eigenvalue weighted by molar-refractivity contribution is 4.83. The fourth-order valence-corrected chi connectivity index (χ4v) is 2.13. The van der Waals surface area contributed by atoms with Gasteiger partial charge in [-0.15, -0.1) is 0 Å². The molecule has 2 heteroatoms. The Bertz CT molecular complexity index is 187. The molecule has 1 aliphatic rings. The zero-order valence-corrected chi connectivity index (χ0v) is 10.8. The number of nitrogens with zero attached hydrogens (tertiary/aromatic N) is 1. The Labute approximate surface area is 94.7 Å². The molecule has 1 N–H and O–H groups in total. The molecule has 1 heterocycles. The SMILES string of the molecule is CCC(C)(CO)CN1CCC(C)(C)CC1. The lowest BCUT2D eigenvalue weighted by Gasteiger charge is -2.41. The van der Waals surface area contributed by atoms with Gasteiger partial charge in [0.15, 0.2) is 0 Å². The van der Waals surface area contributed by atoms with Gasteiger partial charge in [0.25, 0.3) is 0 Å². The lowest BCUT2D eigenvalue weighted by atomic mass is 9.81. The first-order chi connectivity index (χ1) is 6.91. The molecule has 0 aromatic heterocycles. The molecule has 0 aromatic carbocycles. The van der Waals surface area contributed by atoms with E-state index < -0.39 is 0 Å². The van der Waals surface area contributed by atoms with Crippen LogP contribution >= 0.6 is 0 Å². The molecule has 0 bridgehead atoms. The summed E-state index contributed by atoms with van der Waals surface area (Å²) in [6, 6.07) is 0. The molecule has 0 saturated carbocycles. The van der Waals surface area contributed by atoms with Crippen molar-refractivity contribution >= 4 is 0 Å². The maximum atomic E-state index is 9.39. The van der Waals surface area contributed by atoms with Gasteiger partial charge in [-0.3, -0.25) is 0 Å². The first kappa shape index (κ1) is 13.0. The molecule has 0 spiro atoms. The lowest BCUT2D eigenvalue weighted by Crippen LogP contribution is -2.44. The van der Waals surface area contributed by atoms with Gasteiger partial charge in [-0.2, -0.15) is 0 Å². The molecule has 0 aliphatic carbocycles. The van der Waals surface area contributed by atoms with Crippen LogP contribution in [0.25, 0.3) is 0 Å². The van der Waals surface area contributed by atoms with E-state index >= 15 is 0 Å². The smallest absolute Gasteiger partial charge is 0.0496 e. The molecule has 1 unspecified atom stereocenters. The second-order valence-electron chi connectivity index (χ2n) is 6.26. The highest BCUT2D eigenvalue weighted by Gasteiger charge is 2.30. The molecule has 0 radical (unpaired) electrons. The van der Waals surface area contributed by atoms with Crippen molar-refractivity contribution in [3.8, 4) is 0 Å². The third-order valence-electron chi connectivity index (χ3n) is 4.05. The second-order valence-corrected chi connectivity index (χ2v) is 6.26. The van der Waals surface area contributed by atoms with Crippen LogP contribution in [0.3, 0.4) is 0 Å². The highest BCUT2D eigenvalue weighted by Crippen LogP contribution is 2.31. The Morgan fingerprint density at radius 3 is 2.20 bits per heavy atom. The third kappa shape index (κ3) is 3.76. The molecular formula is C13H27NO. The minimum absolute atomic E-state index is 0.0987. The summed E-state index contributed by atoms with van der Waals surface area (Å²) < 4.78 is 0. The average molecular weight is 213 g/mol. The maximum absolute atomic E-state index is 9.39. The Hall–Kier alpha value is -0.0800. The van der Waals surface area contributed by atoms with Crippen molar-refractivity contribution in [2.75, 3.05) is 26.2 Å². The van der Waals surface area contributed by atoms with E-state index in [1.165, 1.54) is 25.9 Å². The fourth-order valence-electron chi connectivity index (χ4n) is 2.13. The summed E-state index contributed by atoms with van der Waals surface area (Å²) >= 11 is 0. The largest absolute Gasteiger partial charge is 0.396 e. The van der Waals surface area contributed by atoms with Gasteiger partial charge < -0.3 is 10.0 Å². The standard InChI is InChI=1S/C13H27NO/c1-5-13(4,11-15)10-14-8-6-12(2,3)7-9-14/h15H,5-11H2,1-4H3. The van der Waals surface area contributed by atoms with Gasteiger partial charge in [-0.25, -0.2) is 0 Å². The Kier molecular flexibility index (Phi) is 4.19. The second kappa shape index (κ2) is 4.84. The van der Waals surface area contributed by atoms with Crippen LogP contribution in [0.15, 0.2) is 0 Å². The van der Waals surface area contributed by atoms with E-state index in [2.05, 4.69) is 32.6 Å². The molecule has 1 fully saturated rings. The number of hydrogen-bond donors (Lipinski definition) is 1. The van der Waals surface area contributed by atoms with Gasteiger partial charge in [0.2, 0.25) is 0 Å². The van der Waals surface area contributed by atoms with Crippen LogP contribution < -0.4 is 0 Å². The summed E-state index contributed by atoms with van der Waals surface area (Å²) in [4.78, 5) is 2.52. The average Bonchev–Trinajstić information content (AvgIpc) is 2.21. The van der Waals surface area contributed by atoms with Crippen LogP contribution in [0.2, 0.25) is 0 Å². The monoisotopic (exact) mass is 213 g/mol. The number of piperidine rings is 1. The first-order valence-electron chi connectivity index (χ1n) is 6.24. The first-order valence-corrected chi connectivity index (χ1v) is 6.24. The molecule has 15 heavy (non-hydrogen) atoms. The van der Waals surface area contributed by atoms with E-state index in [1.807, 2.05) is 0 Å². The summed E-state index contributed by atoms with van der Waals surface area (Å²) in [7, 11) is 0. The Morgan fingerprint density at radius 1 is 1.27 bits per heavy atom. The quantitative estimate of drug-likeness (QED) is 0.775. The molecule has 0 aromatic rings. The third-order valence-corrected chi connectivity index (χ3v) is 4.05. The molecule has 1 aliphatic heterocycles. The van der Waals surface area contributed by atoms with Crippen molar-refractivity contribution in [3.63, 3.8) is 0 Å². The molecular weight excluding hydrogens is 186 g/mol. The zero-order chi connectivity index (χ0) is 11.5. The van der Waals surface area contributed by atoms with E-state index in [0.29, 0.717) is 12.0 Å². The normalized spacial score (nSPS) is 26.2. The van der Waals surface area contributed by atoms with Crippen LogP contribution in [0.4, 0.5) is 0 Å². The van der Waals surface area contributed by atoms with E-state index in [0.717, 1.165) is 13.0 Å². The summed E-state index contributed by atoms with van der Waals surface area (Å²) in [6.07, 6.45) is 3.64. The van der Waals surface area contributed by atoms with Crippen LogP contribution in [0.5, 0.6) is 0 Å². The maximum Gasteiger partial charge on any atom is 0.0496 e. The van der Waals surface area contributed by atoms with E-state index in [-0.39, 0.29) is 5.41 Å². The van der Waals surface area contributed by atoms with E-state index in [4.69, 9.17) is 0 Å². The van der Waals surface area contributed by atoms with Gasteiger partial charge in [0, 0.05) is 18.6 Å². The van der Waals surface area contributed by atoms with E-state index in [9.17, 15) is 5.11 Å². The molecule has 0 amide bonds. The van der Waals surface area contributed by atoms with Gasteiger partial charge in [-0.05, 0) is 37.8 Å². The number of aliphatic hydroxyl groups is 1. The fraction of sp³-hybridized carbons (Fsp3) is 1.00. The predicted octanol–water partition coefficient (Wildman–Crippen LogP) is 2.52. The van der Waals surface area contributed by atoms with Crippen LogP contribution in [0.1, 0.15) is 47.0 Å². The minimum atomic E-state index is 0.0987. The summed E-state index contributed by atoms with van der Waals surface area (Å²) in [5.41, 5.74) is 0.625. The Morgan fingerprint density at radius 2 is 1.80 bits per heavy atom. The van der Waals surface area contributed by atoms with Crippen LogP contribution in [-0.4, -0.2) is 36.2 Å². The lowest BCUT2D eigenvalue weighted by molar-refractivity contribution is 0.0520. The topological polar surface area (TPSA) is 23.5 Å². The molecule has 1 atom stereocenters. The van der Waals surface area contributed by atoms with E-state index in [1.54, 1.807) is 0 Å². The number of rotatable bonds is 4.